The third-order valence-electron chi connectivity index (χ3n) is 2.82. The summed E-state index contributed by atoms with van der Waals surface area (Å²) in [5.41, 5.74) is -0.241. The highest BCUT2D eigenvalue weighted by Gasteiger charge is 2.23. The van der Waals surface area contributed by atoms with Crippen molar-refractivity contribution in [1.29, 1.82) is 0 Å². The molecule has 0 fully saturated rings. The van der Waals surface area contributed by atoms with E-state index in [1.165, 1.54) is 25.3 Å². The minimum absolute atomic E-state index is 0.0511. The normalized spacial score (nSPS) is 11.0. The van der Waals surface area contributed by atoms with Crippen molar-refractivity contribution in [2.75, 3.05) is 19.0 Å². The molecule has 0 unspecified atom stereocenters. The first-order chi connectivity index (χ1) is 9.30. The van der Waals surface area contributed by atoms with Gasteiger partial charge >= 0.3 is 5.97 Å². The number of carbonyl (C=O) groups excluding carboxylic acids is 1. The number of hydrogen-bond acceptors (Lipinski definition) is 6. The van der Waals surface area contributed by atoms with Gasteiger partial charge in [0.1, 0.15) is 5.69 Å². The summed E-state index contributed by atoms with van der Waals surface area (Å²) in [6.45, 7) is 3.56. The van der Waals surface area contributed by atoms with Gasteiger partial charge in [0.2, 0.25) is 0 Å². The fraction of sp³-hybridized carbons (Fsp3) is 0.462. The van der Waals surface area contributed by atoms with Crippen molar-refractivity contribution in [3.8, 4) is 0 Å². The molecule has 2 N–H and O–H groups in total. The summed E-state index contributed by atoms with van der Waals surface area (Å²) in [6, 6.07) is 3.97. The summed E-state index contributed by atoms with van der Waals surface area (Å²) in [5.74, 6) is -0.567. The molecule has 0 aliphatic rings. The van der Waals surface area contributed by atoms with Gasteiger partial charge in [-0.3, -0.25) is 10.1 Å². The van der Waals surface area contributed by atoms with Crippen molar-refractivity contribution in [3.63, 3.8) is 0 Å². The van der Waals surface area contributed by atoms with Crippen LogP contribution in [0.15, 0.2) is 18.2 Å². The Labute approximate surface area is 116 Å². The summed E-state index contributed by atoms with van der Waals surface area (Å²) >= 11 is 0. The van der Waals surface area contributed by atoms with E-state index in [4.69, 9.17) is 5.11 Å². The molecule has 1 aromatic rings. The number of nitro benzene ring substituents is 1. The van der Waals surface area contributed by atoms with Crippen LogP contribution in [-0.2, 0) is 4.74 Å². The van der Waals surface area contributed by atoms with Crippen LogP contribution in [0, 0.1) is 10.1 Å². The molecule has 0 aliphatic carbocycles. The van der Waals surface area contributed by atoms with Gasteiger partial charge in [0.05, 0.1) is 17.6 Å². The Balaban J connectivity index is 3.19. The summed E-state index contributed by atoms with van der Waals surface area (Å²) in [5, 5.41) is 23.0. The van der Waals surface area contributed by atoms with Crippen LogP contribution in [0.25, 0.3) is 0 Å². The van der Waals surface area contributed by atoms with Crippen molar-refractivity contribution in [3.05, 3.63) is 33.9 Å². The lowest BCUT2D eigenvalue weighted by Gasteiger charge is -2.26. The molecule has 1 rings (SSSR count). The number of nitro groups is 1. The van der Waals surface area contributed by atoms with Crippen LogP contribution in [0.1, 0.15) is 30.6 Å². The molecule has 0 saturated carbocycles. The molecule has 0 bridgehead atoms. The van der Waals surface area contributed by atoms with Crippen LogP contribution in [0.4, 0.5) is 11.4 Å². The summed E-state index contributed by atoms with van der Waals surface area (Å²) in [6.07, 6.45) is 0.409. The Kier molecular flexibility index (Phi) is 5.04. The van der Waals surface area contributed by atoms with E-state index in [-0.39, 0.29) is 23.5 Å². The van der Waals surface area contributed by atoms with E-state index >= 15 is 0 Å². The van der Waals surface area contributed by atoms with Crippen molar-refractivity contribution >= 4 is 17.3 Å². The van der Waals surface area contributed by atoms with Gasteiger partial charge in [0, 0.05) is 18.2 Å². The monoisotopic (exact) mass is 282 g/mol. The topological polar surface area (TPSA) is 102 Å². The summed E-state index contributed by atoms with van der Waals surface area (Å²) in [7, 11) is 1.24. The Bertz CT molecular complexity index is 513. The predicted octanol–water partition coefficient (Wildman–Crippen LogP) is 1.95. The van der Waals surface area contributed by atoms with Crippen molar-refractivity contribution in [2.45, 2.75) is 25.8 Å². The van der Waals surface area contributed by atoms with E-state index in [0.717, 1.165) is 0 Å². The molecular weight excluding hydrogens is 264 g/mol. The SMILES string of the molecule is COC(=O)c1ccc([N+](=O)[O-])c(NC(C)(C)CCO)c1. The molecule has 7 heteroatoms. The number of aliphatic hydroxyl groups is 1. The Morgan fingerprint density at radius 1 is 1.50 bits per heavy atom. The molecule has 0 radical (unpaired) electrons. The van der Waals surface area contributed by atoms with E-state index in [1.54, 1.807) is 13.8 Å². The molecule has 0 spiro atoms. The molecule has 0 amide bonds. The van der Waals surface area contributed by atoms with Crippen LogP contribution in [-0.4, -0.2) is 35.3 Å². The number of nitrogens with one attached hydrogen (secondary N) is 1. The zero-order valence-electron chi connectivity index (χ0n) is 11.7. The van der Waals surface area contributed by atoms with Gasteiger partial charge in [-0.25, -0.2) is 4.79 Å². The van der Waals surface area contributed by atoms with E-state index < -0.39 is 16.4 Å². The summed E-state index contributed by atoms with van der Waals surface area (Å²) in [4.78, 5) is 22.0. The van der Waals surface area contributed by atoms with Gasteiger partial charge in [-0.05, 0) is 32.4 Å². The third-order valence-corrected chi connectivity index (χ3v) is 2.82. The average Bonchev–Trinajstić information content (AvgIpc) is 2.36. The van der Waals surface area contributed by atoms with Crippen molar-refractivity contribution in [2.24, 2.45) is 0 Å². The molecule has 110 valence electrons. The smallest absolute Gasteiger partial charge is 0.337 e. The number of ether oxygens (including phenoxy) is 1. The molecular formula is C13H18N2O5. The maximum absolute atomic E-state index is 11.5. The number of benzene rings is 1. The van der Waals surface area contributed by atoms with Gasteiger partial charge in [0.25, 0.3) is 5.69 Å². The molecule has 0 aromatic heterocycles. The lowest BCUT2D eigenvalue weighted by molar-refractivity contribution is -0.384. The van der Waals surface area contributed by atoms with E-state index in [2.05, 4.69) is 10.1 Å². The number of esters is 1. The highest BCUT2D eigenvalue weighted by atomic mass is 16.6. The van der Waals surface area contributed by atoms with Gasteiger partial charge in [-0.2, -0.15) is 0 Å². The lowest BCUT2D eigenvalue weighted by Crippen LogP contribution is -2.32. The van der Waals surface area contributed by atoms with E-state index in [9.17, 15) is 14.9 Å². The molecule has 0 heterocycles. The fourth-order valence-electron chi connectivity index (χ4n) is 1.75. The first-order valence-electron chi connectivity index (χ1n) is 6.06. The highest BCUT2D eigenvalue weighted by molar-refractivity contribution is 5.91. The van der Waals surface area contributed by atoms with Crippen LogP contribution < -0.4 is 5.32 Å². The predicted molar refractivity (Wildman–Crippen MR) is 73.8 cm³/mol. The molecule has 0 atom stereocenters. The second-order valence-corrected chi connectivity index (χ2v) is 4.96. The zero-order valence-corrected chi connectivity index (χ0v) is 11.7. The quantitative estimate of drug-likeness (QED) is 0.470. The zero-order chi connectivity index (χ0) is 15.3. The van der Waals surface area contributed by atoms with Gasteiger partial charge in [-0.15, -0.1) is 0 Å². The Morgan fingerprint density at radius 3 is 2.65 bits per heavy atom. The fourth-order valence-corrected chi connectivity index (χ4v) is 1.75. The minimum Gasteiger partial charge on any atom is -0.465 e. The first kappa shape index (κ1) is 15.9. The highest BCUT2D eigenvalue weighted by Crippen LogP contribution is 2.29. The van der Waals surface area contributed by atoms with Gasteiger partial charge in [0.15, 0.2) is 0 Å². The second-order valence-electron chi connectivity index (χ2n) is 4.96. The van der Waals surface area contributed by atoms with Crippen LogP contribution in [0.3, 0.4) is 0 Å². The lowest BCUT2D eigenvalue weighted by atomic mass is 10.00. The number of rotatable bonds is 6. The molecule has 0 saturated heterocycles. The van der Waals surface area contributed by atoms with Gasteiger partial charge < -0.3 is 15.2 Å². The number of methoxy groups -OCH3 is 1. The Morgan fingerprint density at radius 2 is 2.15 bits per heavy atom. The number of aliphatic hydroxyl groups excluding tert-OH is 1. The first-order valence-corrected chi connectivity index (χ1v) is 6.06. The standard InChI is InChI=1S/C13H18N2O5/c1-13(2,6-7-16)14-10-8-9(12(17)20-3)4-5-11(10)15(18)19/h4-5,8,14,16H,6-7H2,1-3H3. The van der Waals surface area contributed by atoms with Crippen LogP contribution in [0.2, 0.25) is 0 Å². The van der Waals surface area contributed by atoms with Gasteiger partial charge in [-0.1, -0.05) is 0 Å². The minimum atomic E-state index is -0.567. The van der Waals surface area contributed by atoms with Crippen molar-refractivity contribution in [1.82, 2.24) is 0 Å². The van der Waals surface area contributed by atoms with Crippen LogP contribution in [0.5, 0.6) is 0 Å². The maximum Gasteiger partial charge on any atom is 0.337 e. The largest absolute Gasteiger partial charge is 0.465 e. The molecule has 20 heavy (non-hydrogen) atoms. The number of nitrogens with zero attached hydrogens (tertiary/aromatic N) is 1. The molecule has 1 aromatic carbocycles. The van der Waals surface area contributed by atoms with E-state index in [1.807, 2.05) is 0 Å². The molecule has 7 nitrogen and oxygen atoms in total. The summed E-state index contributed by atoms with van der Waals surface area (Å²) < 4.78 is 4.59. The third kappa shape index (κ3) is 3.92. The van der Waals surface area contributed by atoms with Crippen molar-refractivity contribution < 1.29 is 19.6 Å². The van der Waals surface area contributed by atoms with Crippen LogP contribution >= 0.6 is 0 Å². The number of hydrogen-bond donors (Lipinski definition) is 2. The maximum atomic E-state index is 11.5. The Hall–Kier alpha value is -2.15. The number of carbonyl (C=O) groups is 1. The molecule has 0 aliphatic heterocycles. The van der Waals surface area contributed by atoms with E-state index in [0.29, 0.717) is 6.42 Å². The second kappa shape index (κ2) is 6.33. The average molecular weight is 282 g/mol. The number of anilines is 1.